The number of aliphatic hydroxyl groups is 1. The number of carbonyl (C=O) groups is 1. The standard InChI is InChI=1S/C42H48N2O5SSi/c1-40(2,3)47-39(46)44(49-41(4,5)6)38-43-37-35(27-31(28-36(37)50-38)20-16-18-30-19-17-21-32(26-30)29-45)48-51(42(7,8)9,33-22-12-10-13-23-33)34-24-14-11-15-25-34/h10-15,17,19,21-28,45H,18,29H2,1-9H3. The highest BCUT2D eigenvalue weighted by Gasteiger charge is 2.52. The smallest absolute Gasteiger partial charge is 0.441 e. The zero-order valence-corrected chi connectivity index (χ0v) is 32.9. The van der Waals surface area contributed by atoms with Crippen molar-refractivity contribution in [1.29, 1.82) is 0 Å². The van der Waals surface area contributed by atoms with Gasteiger partial charge < -0.3 is 14.3 Å². The van der Waals surface area contributed by atoms with Crippen molar-refractivity contribution >= 4 is 51.5 Å². The van der Waals surface area contributed by atoms with Crippen LogP contribution in [0.3, 0.4) is 0 Å². The fourth-order valence-corrected chi connectivity index (χ4v) is 11.2. The molecule has 0 aliphatic carbocycles. The van der Waals surface area contributed by atoms with Crippen LogP contribution in [-0.4, -0.2) is 35.7 Å². The first-order chi connectivity index (χ1) is 24.0. The monoisotopic (exact) mass is 720 g/mol. The van der Waals surface area contributed by atoms with Gasteiger partial charge in [0, 0.05) is 12.0 Å². The number of carbonyl (C=O) groups excluding carboxylic acids is 1. The molecule has 1 aromatic heterocycles. The first-order valence-corrected chi connectivity index (χ1v) is 19.9. The van der Waals surface area contributed by atoms with Crippen LogP contribution in [0.1, 0.15) is 79.0 Å². The van der Waals surface area contributed by atoms with Gasteiger partial charge in [-0.3, -0.25) is 4.84 Å². The van der Waals surface area contributed by atoms with Crippen LogP contribution in [0.15, 0.2) is 97.1 Å². The molecule has 5 aromatic rings. The van der Waals surface area contributed by atoms with Gasteiger partial charge in [-0.25, -0.2) is 9.78 Å². The van der Waals surface area contributed by atoms with Gasteiger partial charge in [-0.2, -0.15) is 0 Å². The maximum atomic E-state index is 13.6. The number of aromatic nitrogens is 1. The van der Waals surface area contributed by atoms with Crippen LogP contribution in [0.4, 0.5) is 9.93 Å². The van der Waals surface area contributed by atoms with E-state index in [0.29, 0.717) is 22.8 Å². The van der Waals surface area contributed by atoms with Crippen molar-refractivity contribution in [3.05, 3.63) is 114 Å². The first kappa shape index (κ1) is 37.8. The van der Waals surface area contributed by atoms with Crippen LogP contribution >= 0.6 is 11.3 Å². The predicted molar refractivity (Wildman–Crippen MR) is 210 cm³/mol. The summed E-state index contributed by atoms with van der Waals surface area (Å²) in [7, 11) is -3.08. The number of hydroxylamine groups is 1. The third kappa shape index (κ3) is 9.07. The largest absolute Gasteiger partial charge is 0.532 e. The average molecular weight is 721 g/mol. The molecule has 0 aliphatic rings. The number of hydrogen-bond donors (Lipinski definition) is 1. The molecule has 1 heterocycles. The third-order valence-electron chi connectivity index (χ3n) is 7.93. The normalized spacial score (nSPS) is 12.3. The Morgan fingerprint density at radius 3 is 1.96 bits per heavy atom. The maximum Gasteiger partial charge on any atom is 0.441 e. The van der Waals surface area contributed by atoms with E-state index < -0.39 is 25.6 Å². The number of fused-ring (bicyclic) bond motifs is 1. The number of thiazole rings is 1. The maximum absolute atomic E-state index is 13.6. The second kappa shape index (κ2) is 15.0. The van der Waals surface area contributed by atoms with E-state index in [9.17, 15) is 9.90 Å². The lowest BCUT2D eigenvalue weighted by Crippen LogP contribution is -2.68. The van der Waals surface area contributed by atoms with Crippen LogP contribution in [0.2, 0.25) is 5.04 Å². The van der Waals surface area contributed by atoms with Gasteiger partial charge in [-0.15, -0.1) is 5.06 Å². The highest BCUT2D eigenvalue weighted by atomic mass is 32.1. The molecule has 266 valence electrons. The summed E-state index contributed by atoms with van der Waals surface area (Å²) in [5.41, 5.74) is 1.77. The summed E-state index contributed by atoms with van der Waals surface area (Å²) < 4.78 is 14.1. The lowest BCUT2D eigenvalue weighted by molar-refractivity contribution is -0.0355. The minimum atomic E-state index is -3.08. The van der Waals surface area contributed by atoms with Gasteiger partial charge in [0.2, 0.25) is 5.13 Å². The Balaban J connectivity index is 1.72. The van der Waals surface area contributed by atoms with Gasteiger partial charge in [0.15, 0.2) is 0 Å². The highest BCUT2D eigenvalue weighted by Crippen LogP contribution is 2.42. The number of ether oxygens (including phenoxy) is 1. The SMILES string of the molecule is CC(C)(C)OC(=O)N(OC(C)(C)C)c1nc2c(O[Si](c3ccccc3)(c3ccccc3)C(C)(C)C)cc(C#CCc3cccc(CO)c3)cc2s1. The number of nitrogens with zero attached hydrogens (tertiary/aromatic N) is 2. The van der Waals surface area contributed by atoms with Crippen molar-refractivity contribution in [2.24, 2.45) is 0 Å². The van der Waals surface area contributed by atoms with E-state index >= 15 is 0 Å². The van der Waals surface area contributed by atoms with Gasteiger partial charge in [0.05, 0.1) is 16.9 Å². The van der Waals surface area contributed by atoms with Crippen molar-refractivity contribution in [3.8, 4) is 17.6 Å². The molecule has 0 unspecified atom stereocenters. The van der Waals surface area contributed by atoms with E-state index in [2.05, 4.69) is 81.1 Å². The van der Waals surface area contributed by atoms with E-state index in [1.54, 1.807) is 0 Å². The number of aliphatic hydroxyl groups excluding tert-OH is 1. The summed E-state index contributed by atoms with van der Waals surface area (Å²) in [6, 6.07) is 32.6. The molecular weight excluding hydrogens is 673 g/mol. The average Bonchev–Trinajstić information content (AvgIpc) is 3.49. The molecule has 0 bridgehead atoms. The molecule has 0 radical (unpaired) electrons. The molecule has 9 heteroatoms. The lowest BCUT2D eigenvalue weighted by atomic mass is 10.1. The molecule has 0 saturated heterocycles. The molecule has 1 N–H and O–H groups in total. The fourth-order valence-electron chi connectivity index (χ4n) is 5.86. The summed E-state index contributed by atoms with van der Waals surface area (Å²) in [5.74, 6) is 7.26. The number of anilines is 1. The number of benzene rings is 4. The first-order valence-electron chi connectivity index (χ1n) is 17.1. The minimum absolute atomic E-state index is 0.0200. The summed E-state index contributed by atoms with van der Waals surface area (Å²) in [4.78, 5) is 24.8. The third-order valence-corrected chi connectivity index (χ3v) is 13.8. The molecule has 0 saturated carbocycles. The molecule has 7 nitrogen and oxygen atoms in total. The van der Waals surface area contributed by atoms with Crippen LogP contribution in [0.25, 0.3) is 10.2 Å². The summed E-state index contributed by atoms with van der Waals surface area (Å²) in [6.07, 6.45) is -0.146. The van der Waals surface area contributed by atoms with Gasteiger partial charge in [0.1, 0.15) is 16.9 Å². The quantitative estimate of drug-likeness (QED) is 0.0981. The Bertz CT molecular complexity index is 1990. The molecule has 0 fully saturated rings. The molecule has 5 rings (SSSR count). The van der Waals surface area contributed by atoms with Crippen LogP contribution in [-0.2, 0) is 22.6 Å². The summed E-state index contributed by atoms with van der Waals surface area (Å²) >= 11 is 1.32. The van der Waals surface area contributed by atoms with Crippen molar-refractivity contribution in [3.63, 3.8) is 0 Å². The van der Waals surface area contributed by atoms with Crippen molar-refractivity contribution in [1.82, 2.24) is 4.98 Å². The number of rotatable bonds is 8. The molecule has 0 atom stereocenters. The molecule has 1 amide bonds. The van der Waals surface area contributed by atoms with Crippen LogP contribution < -0.4 is 19.9 Å². The zero-order valence-electron chi connectivity index (χ0n) is 31.0. The molecular formula is C42H48N2O5SSi. The van der Waals surface area contributed by atoms with E-state index in [1.807, 2.05) is 90.1 Å². The minimum Gasteiger partial charge on any atom is -0.532 e. The molecule has 0 spiro atoms. The van der Waals surface area contributed by atoms with Crippen LogP contribution in [0.5, 0.6) is 5.75 Å². The molecule has 51 heavy (non-hydrogen) atoms. The van der Waals surface area contributed by atoms with Gasteiger partial charge in [-0.05, 0) is 80.2 Å². The predicted octanol–water partition coefficient (Wildman–Crippen LogP) is 8.79. The Morgan fingerprint density at radius 2 is 1.41 bits per heavy atom. The number of hydrogen-bond acceptors (Lipinski definition) is 7. The van der Waals surface area contributed by atoms with Crippen molar-refractivity contribution < 1.29 is 23.9 Å². The van der Waals surface area contributed by atoms with E-state index in [1.165, 1.54) is 11.3 Å². The Hall–Kier alpha value is -4.46. The Kier molecular flexibility index (Phi) is 11.1. The summed E-state index contributed by atoms with van der Waals surface area (Å²) in [6.45, 7) is 17.8. The zero-order chi connectivity index (χ0) is 37.0. The van der Waals surface area contributed by atoms with Crippen LogP contribution in [0, 0.1) is 11.8 Å². The fraction of sp³-hybridized carbons (Fsp3) is 0.333. The second-order valence-electron chi connectivity index (χ2n) is 15.5. The van der Waals surface area contributed by atoms with Crippen molar-refractivity contribution in [2.45, 2.75) is 91.6 Å². The van der Waals surface area contributed by atoms with Crippen molar-refractivity contribution in [2.75, 3.05) is 5.06 Å². The second-order valence-corrected chi connectivity index (χ2v) is 20.7. The summed E-state index contributed by atoms with van der Waals surface area (Å²) in [5, 5.41) is 13.0. The molecule has 4 aromatic carbocycles. The van der Waals surface area contributed by atoms with E-state index in [0.717, 1.165) is 36.8 Å². The van der Waals surface area contributed by atoms with Gasteiger partial charge >= 0.3 is 14.4 Å². The lowest BCUT2D eigenvalue weighted by Gasteiger charge is -2.43. The Morgan fingerprint density at radius 1 is 0.804 bits per heavy atom. The van der Waals surface area contributed by atoms with Gasteiger partial charge in [-0.1, -0.05) is 129 Å². The highest BCUT2D eigenvalue weighted by molar-refractivity contribution is 7.22. The molecule has 0 aliphatic heterocycles. The number of amides is 1. The Labute approximate surface area is 307 Å². The van der Waals surface area contributed by atoms with E-state index in [-0.39, 0.29) is 11.6 Å². The van der Waals surface area contributed by atoms with Gasteiger partial charge in [0.25, 0.3) is 0 Å². The topological polar surface area (TPSA) is 81.1 Å². The van der Waals surface area contributed by atoms with E-state index in [4.69, 9.17) is 19.0 Å².